The Kier molecular flexibility index (Phi) is 4.44. The summed E-state index contributed by atoms with van der Waals surface area (Å²) in [6, 6.07) is 17.2. The topological polar surface area (TPSA) is 46.9 Å². The highest BCUT2D eigenvalue weighted by Crippen LogP contribution is 2.27. The van der Waals surface area contributed by atoms with Gasteiger partial charge in [-0.25, -0.2) is 0 Å². The van der Waals surface area contributed by atoms with E-state index in [1.807, 2.05) is 42.5 Å². The summed E-state index contributed by atoms with van der Waals surface area (Å²) in [5.41, 5.74) is 2.78. The predicted octanol–water partition coefficient (Wildman–Crippen LogP) is 3.92. The number of anilines is 1. The molecule has 2 aromatic carbocycles. The molecule has 5 heteroatoms. The van der Waals surface area contributed by atoms with Crippen molar-refractivity contribution in [2.75, 3.05) is 5.32 Å². The molecule has 0 unspecified atom stereocenters. The van der Waals surface area contributed by atoms with Gasteiger partial charge in [-0.15, -0.1) is 0 Å². The van der Waals surface area contributed by atoms with Gasteiger partial charge in [-0.2, -0.15) is 5.10 Å². The minimum absolute atomic E-state index is 0.104. The quantitative estimate of drug-likeness (QED) is 0.790. The summed E-state index contributed by atoms with van der Waals surface area (Å²) in [4.78, 5) is 12.3. The zero-order valence-corrected chi connectivity index (χ0v) is 13.4. The molecule has 3 rings (SSSR count). The Morgan fingerprint density at radius 2 is 1.96 bits per heavy atom. The normalized spacial score (nSPS) is 10.5. The Bertz CT molecular complexity index is 827. The molecule has 23 heavy (non-hydrogen) atoms. The molecule has 0 aliphatic carbocycles. The van der Waals surface area contributed by atoms with Crippen LogP contribution in [0.4, 0.5) is 5.82 Å². The summed E-state index contributed by atoms with van der Waals surface area (Å²) in [6.07, 6.45) is 2.02. The highest BCUT2D eigenvalue weighted by atomic mass is 35.5. The number of nitrogens with zero attached hydrogens (tertiary/aromatic N) is 2. The lowest BCUT2D eigenvalue weighted by atomic mass is 10.1. The molecule has 116 valence electrons. The van der Waals surface area contributed by atoms with Gasteiger partial charge in [0.15, 0.2) is 0 Å². The van der Waals surface area contributed by atoms with Crippen LogP contribution in [-0.4, -0.2) is 15.7 Å². The molecule has 0 saturated carbocycles. The number of hydrogen-bond donors (Lipinski definition) is 1. The average Bonchev–Trinajstić information content (AvgIpc) is 2.89. The van der Waals surface area contributed by atoms with Crippen molar-refractivity contribution in [1.29, 1.82) is 0 Å². The van der Waals surface area contributed by atoms with Gasteiger partial charge in [-0.05, 0) is 23.3 Å². The first kappa shape index (κ1) is 15.3. The van der Waals surface area contributed by atoms with Crippen LogP contribution in [0.1, 0.15) is 5.56 Å². The number of benzene rings is 2. The largest absolute Gasteiger partial charge is 0.310 e. The van der Waals surface area contributed by atoms with E-state index in [9.17, 15) is 4.79 Å². The number of nitrogens with one attached hydrogen (secondary N) is 1. The Balaban J connectivity index is 1.80. The van der Waals surface area contributed by atoms with Crippen LogP contribution in [0.3, 0.4) is 0 Å². The molecule has 0 aliphatic rings. The Morgan fingerprint density at radius 3 is 2.70 bits per heavy atom. The average molecular weight is 326 g/mol. The number of hydrogen-bond acceptors (Lipinski definition) is 2. The molecule has 0 bridgehead atoms. The third-order valence-electron chi connectivity index (χ3n) is 3.54. The van der Waals surface area contributed by atoms with E-state index in [0.717, 1.165) is 16.7 Å². The summed E-state index contributed by atoms with van der Waals surface area (Å²) in [6.45, 7) is 0. The zero-order valence-electron chi connectivity index (χ0n) is 12.7. The number of aryl methyl sites for hydroxylation is 1. The highest BCUT2D eigenvalue weighted by molar-refractivity contribution is 6.30. The lowest BCUT2D eigenvalue weighted by molar-refractivity contribution is -0.115. The van der Waals surface area contributed by atoms with E-state index in [1.165, 1.54) is 0 Å². The van der Waals surface area contributed by atoms with Crippen LogP contribution in [-0.2, 0) is 18.3 Å². The lowest BCUT2D eigenvalue weighted by Crippen LogP contribution is -2.17. The van der Waals surface area contributed by atoms with Crippen LogP contribution in [0.25, 0.3) is 11.1 Å². The fourth-order valence-electron chi connectivity index (χ4n) is 2.42. The summed E-state index contributed by atoms with van der Waals surface area (Å²) in [7, 11) is 1.81. The molecule has 0 spiro atoms. The van der Waals surface area contributed by atoms with Gasteiger partial charge in [0.1, 0.15) is 5.82 Å². The first-order valence-electron chi connectivity index (χ1n) is 7.25. The standard InChI is InChI=1S/C18H16ClN3O/c1-22-18(16(12-20-22)14-7-3-2-4-8-14)21-17(23)11-13-6-5-9-15(19)10-13/h2-10,12H,11H2,1H3,(H,21,23). The maximum absolute atomic E-state index is 12.3. The van der Waals surface area contributed by atoms with Crippen molar-refractivity contribution in [2.24, 2.45) is 7.05 Å². The molecule has 0 aliphatic heterocycles. The third-order valence-corrected chi connectivity index (χ3v) is 3.77. The summed E-state index contributed by atoms with van der Waals surface area (Å²) in [5, 5.41) is 7.82. The second-order valence-corrected chi connectivity index (χ2v) is 5.69. The number of carbonyl (C=O) groups excluding carboxylic acids is 1. The van der Waals surface area contributed by atoms with E-state index in [2.05, 4.69) is 10.4 Å². The van der Waals surface area contributed by atoms with Gasteiger partial charge in [0, 0.05) is 17.6 Å². The molecule has 3 aromatic rings. The second-order valence-electron chi connectivity index (χ2n) is 5.25. The van der Waals surface area contributed by atoms with Gasteiger partial charge in [-0.3, -0.25) is 9.48 Å². The number of amides is 1. The maximum Gasteiger partial charge on any atom is 0.229 e. The molecule has 1 aromatic heterocycles. The Hall–Kier alpha value is -2.59. The summed E-state index contributed by atoms with van der Waals surface area (Å²) >= 11 is 5.96. The van der Waals surface area contributed by atoms with Crippen molar-refractivity contribution in [3.05, 3.63) is 71.4 Å². The van der Waals surface area contributed by atoms with E-state index in [0.29, 0.717) is 10.8 Å². The number of rotatable bonds is 4. The van der Waals surface area contributed by atoms with Gasteiger partial charge < -0.3 is 5.32 Å². The van der Waals surface area contributed by atoms with Crippen LogP contribution in [0.15, 0.2) is 60.8 Å². The van der Waals surface area contributed by atoms with Crippen molar-refractivity contribution < 1.29 is 4.79 Å². The molecule has 1 heterocycles. The maximum atomic E-state index is 12.3. The van der Waals surface area contributed by atoms with Crippen LogP contribution >= 0.6 is 11.6 Å². The Labute approximate surface area is 139 Å². The number of halogens is 1. The van der Waals surface area contributed by atoms with E-state index in [1.54, 1.807) is 30.1 Å². The van der Waals surface area contributed by atoms with Crippen LogP contribution in [0, 0.1) is 0 Å². The minimum Gasteiger partial charge on any atom is -0.310 e. The van der Waals surface area contributed by atoms with Crippen molar-refractivity contribution in [2.45, 2.75) is 6.42 Å². The molecule has 0 fully saturated rings. The number of carbonyl (C=O) groups is 1. The van der Waals surface area contributed by atoms with Crippen LogP contribution in [0.5, 0.6) is 0 Å². The fourth-order valence-corrected chi connectivity index (χ4v) is 2.64. The van der Waals surface area contributed by atoms with Gasteiger partial charge in [-0.1, -0.05) is 54.1 Å². The SMILES string of the molecule is Cn1ncc(-c2ccccc2)c1NC(=O)Cc1cccc(Cl)c1. The molecule has 1 amide bonds. The summed E-state index contributed by atoms with van der Waals surface area (Å²) < 4.78 is 1.66. The summed E-state index contributed by atoms with van der Waals surface area (Å²) in [5.74, 6) is 0.580. The van der Waals surface area contributed by atoms with Crippen molar-refractivity contribution >= 4 is 23.3 Å². The molecule has 1 N–H and O–H groups in total. The van der Waals surface area contributed by atoms with Crippen molar-refractivity contribution in [1.82, 2.24) is 9.78 Å². The van der Waals surface area contributed by atoms with Crippen LogP contribution < -0.4 is 5.32 Å². The number of aromatic nitrogens is 2. The zero-order chi connectivity index (χ0) is 16.2. The molecule has 0 atom stereocenters. The smallest absolute Gasteiger partial charge is 0.229 e. The molecule has 0 saturated heterocycles. The third kappa shape index (κ3) is 3.60. The van der Waals surface area contributed by atoms with Gasteiger partial charge >= 0.3 is 0 Å². The molecular formula is C18H16ClN3O. The van der Waals surface area contributed by atoms with Gasteiger partial charge in [0.25, 0.3) is 0 Å². The van der Waals surface area contributed by atoms with E-state index >= 15 is 0 Å². The molecule has 4 nitrogen and oxygen atoms in total. The van der Waals surface area contributed by atoms with Crippen molar-refractivity contribution in [3.8, 4) is 11.1 Å². The molecule has 0 radical (unpaired) electrons. The Morgan fingerprint density at radius 1 is 1.17 bits per heavy atom. The molecular weight excluding hydrogens is 310 g/mol. The highest BCUT2D eigenvalue weighted by Gasteiger charge is 2.13. The monoisotopic (exact) mass is 325 g/mol. The van der Waals surface area contributed by atoms with Crippen molar-refractivity contribution in [3.63, 3.8) is 0 Å². The van der Waals surface area contributed by atoms with E-state index < -0.39 is 0 Å². The van der Waals surface area contributed by atoms with E-state index in [4.69, 9.17) is 11.6 Å². The van der Waals surface area contributed by atoms with Crippen LogP contribution in [0.2, 0.25) is 5.02 Å². The second kappa shape index (κ2) is 6.67. The fraction of sp³-hybridized carbons (Fsp3) is 0.111. The lowest BCUT2D eigenvalue weighted by Gasteiger charge is -2.09. The van der Waals surface area contributed by atoms with E-state index in [-0.39, 0.29) is 12.3 Å². The van der Waals surface area contributed by atoms with Gasteiger partial charge in [0.05, 0.1) is 12.6 Å². The first-order valence-corrected chi connectivity index (χ1v) is 7.63. The minimum atomic E-state index is -0.104. The van der Waals surface area contributed by atoms with Gasteiger partial charge in [0.2, 0.25) is 5.91 Å². The predicted molar refractivity (Wildman–Crippen MR) is 92.4 cm³/mol. The first-order chi connectivity index (χ1) is 11.1.